The van der Waals surface area contributed by atoms with Gasteiger partial charge in [0.1, 0.15) is 0 Å². The Morgan fingerprint density at radius 3 is 3.00 bits per heavy atom. The van der Waals surface area contributed by atoms with Gasteiger partial charge < -0.3 is 10.3 Å². The summed E-state index contributed by atoms with van der Waals surface area (Å²) < 4.78 is 0. The van der Waals surface area contributed by atoms with Crippen LogP contribution in [0, 0.1) is 0 Å². The Morgan fingerprint density at radius 1 is 1.69 bits per heavy atom. The highest BCUT2D eigenvalue weighted by atomic mass is 32.1. The van der Waals surface area contributed by atoms with Crippen LogP contribution < -0.4 is 10.2 Å². The summed E-state index contributed by atoms with van der Waals surface area (Å²) in [5.41, 5.74) is 0.984. The first-order chi connectivity index (χ1) is 6.22. The molecule has 0 saturated heterocycles. The average molecular weight is 200 g/mol. The van der Waals surface area contributed by atoms with Crippen molar-refractivity contribution < 1.29 is 0 Å². The minimum Gasteiger partial charge on any atom is -0.315 e. The van der Waals surface area contributed by atoms with Gasteiger partial charge in [0.25, 0.3) is 0 Å². The Bertz CT molecular complexity index is 292. The van der Waals surface area contributed by atoms with Crippen molar-refractivity contribution in [1.29, 1.82) is 0 Å². The number of aromatic nitrogens is 1. The fourth-order valence-corrected chi connectivity index (χ4v) is 1.80. The first-order valence-electron chi connectivity index (χ1n) is 4.62. The summed E-state index contributed by atoms with van der Waals surface area (Å²) in [7, 11) is 0. The lowest BCUT2D eigenvalue weighted by Gasteiger charge is -2.10. The lowest BCUT2D eigenvalue weighted by molar-refractivity contribution is 0.505. The predicted octanol–water partition coefficient (Wildman–Crippen LogP) is 1.71. The van der Waals surface area contributed by atoms with Crippen LogP contribution in [0.4, 0.5) is 0 Å². The number of H-pyrrole nitrogens is 1. The summed E-state index contributed by atoms with van der Waals surface area (Å²) >= 11 is 1.22. The molecule has 4 heteroatoms. The third-order valence-corrected chi connectivity index (χ3v) is 2.65. The van der Waals surface area contributed by atoms with E-state index in [9.17, 15) is 4.79 Å². The Kier molecular flexibility index (Phi) is 4.18. The summed E-state index contributed by atoms with van der Waals surface area (Å²) in [5, 5.41) is 5.22. The normalized spacial score (nSPS) is 13.1. The standard InChI is InChI=1S/C9H16N2OS/c1-3-4-7(2)10-5-8-6-13-9(12)11-8/h6-7,10H,3-5H2,1-2H3,(H,11,12). The summed E-state index contributed by atoms with van der Waals surface area (Å²) in [6.45, 7) is 5.10. The molecule has 1 aromatic heterocycles. The molecule has 1 atom stereocenters. The second kappa shape index (κ2) is 5.19. The SMILES string of the molecule is CCCC(C)NCc1csc(=O)[nH]1. The van der Waals surface area contributed by atoms with Gasteiger partial charge in [-0.25, -0.2) is 0 Å². The van der Waals surface area contributed by atoms with E-state index in [1.54, 1.807) is 0 Å². The van der Waals surface area contributed by atoms with Crippen LogP contribution >= 0.6 is 11.3 Å². The molecule has 0 aliphatic carbocycles. The number of aromatic amines is 1. The molecule has 1 heterocycles. The molecule has 13 heavy (non-hydrogen) atoms. The van der Waals surface area contributed by atoms with Crippen LogP contribution in [-0.2, 0) is 6.54 Å². The molecule has 1 aromatic rings. The Hall–Kier alpha value is -0.610. The van der Waals surface area contributed by atoms with Crippen LogP contribution in [0.2, 0.25) is 0 Å². The molecule has 0 spiro atoms. The van der Waals surface area contributed by atoms with E-state index in [1.807, 2.05) is 5.38 Å². The van der Waals surface area contributed by atoms with Gasteiger partial charge >= 0.3 is 4.87 Å². The zero-order chi connectivity index (χ0) is 9.68. The van der Waals surface area contributed by atoms with Crippen molar-refractivity contribution in [3.8, 4) is 0 Å². The molecule has 0 radical (unpaired) electrons. The molecule has 0 saturated carbocycles. The van der Waals surface area contributed by atoms with Crippen LogP contribution in [0.5, 0.6) is 0 Å². The highest BCUT2D eigenvalue weighted by Crippen LogP contribution is 1.98. The van der Waals surface area contributed by atoms with E-state index in [0.29, 0.717) is 6.04 Å². The number of nitrogens with one attached hydrogen (secondary N) is 2. The highest BCUT2D eigenvalue weighted by molar-refractivity contribution is 7.07. The number of hydrogen-bond acceptors (Lipinski definition) is 3. The monoisotopic (exact) mass is 200 g/mol. The van der Waals surface area contributed by atoms with Crippen molar-refractivity contribution in [2.45, 2.75) is 39.3 Å². The fourth-order valence-electron chi connectivity index (χ4n) is 1.22. The third kappa shape index (κ3) is 3.74. The molecular weight excluding hydrogens is 184 g/mol. The van der Waals surface area contributed by atoms with Gasteiger partial charge in [-0.3, -0.25) is 4.79 Å². The van der Waals surface area contributed by atoms with E-state index >= 15 is 0 Å². The maximum Gasteiger partial charge on any atom is 0.304 e. The van der Waals surface area contributed by atoms with Crippen molar-refractivity contribution in [2.75, 3.05) is 0 Å². The van der Waals surface area contributed by atoms with Gasteiger partial charge in [0.15, 0.2) is 0 Å². The zero-order valence-corrected chi connectivity index (χ0v) is 8.91. The molecule has 0 aliphatic heterocycles. The van der Waals surface area contributed by atoms with Crippen LogP contribution in [-0.4, -0.2) is 11.0 Å². The Balaban J connectivity index is 2.30. The number of thiazole rings is 1. The lowest BCUT2D eigenvalue weighted by Crippen LogP contribution is -2.25. The van der Waals surface area contributed by atoms with Crippen molar-refractivity contribution in [1.82, 2.24) is 10.3 Å². The molecule has 3 nitrogen and oxygen atoms in total. The fraction of sp³-hybridized carbons (Fsp3) is 0.667. The summed E-state index contributed by atoms with van der Waals surface area (Å²) in [6, 6.07) is 0.522. The number of hydrogen-bond donors (Lipinski definition) is 2. The molecule has 2 N–H and O–H groups in total. The van der Waals surface area contributed by atoms with Gasteiger partial charge in [-0.05, 0) is 13.3 Å². The van der Waals surface area contributed by atoms with Crippen LogP contribution in [0.1, 0.15) is 32.4 Å². The Morgan fingerprint density at radius 2 is 2.46 bits per heavy atom. The molecule has 74 valence electrons. The molecule has 1 unspecified atom stereocenters. The minimum absolute atomic E-state index is 0.0277. The topological polar surface area (TPSA) is 44.9 Å². The van der Waals surface area contributed by atoms with E-state index in [-0.39, 0.29) is 4.87 Å². The summed E-state index contributed by atoms with van der Waals surface area (Å²) in [5.74, 6) is 0. The van der Waals surface area contributed by atoms with Gasteiger partial charge in [-0.2, -0.15) is 0 Å². The van der Waals surface area contributed by atoms with Gasteiger partial charge in [-0.1, -0.05) is 24.7 Å². The first kappa shape index (κ1) is 10.5. The maximum absolute atomic E-state index is 10.8. The second-order valence-corrected chi connectivity index (χ2v) is 4.09. The van der Waals surface area contributed by atoms with E-state index in [0.717, 1.165) is 12.2 Å². The molecule has 0 fully saturated rings. The maximum atomic E-state index is 10.8. The molecule has 0 bridgehead atoms. The molecule has 0 aliphatic rings. The smallest absolute Gasteiger partial charge is 0.304 e. The van der Waals surface area contributed by atoms with E-state index in [4.69, 9.17) is 0 Å². The zero-order valence-electron chi connectivity index (χ0n) is 8.09. The van der Waals surface area contributed by atoms with Crippen LogP contribution in [0.25, 0.3) is 0 Å². The van der Waals surface area contributed by atoms with Crippen LogP contribution in [0.15, 0.2) is 10.2 Å². The second-order valence-electron chi connectivity index (χ2n) is 3.24. The van der Waals surface area contributed by atoms with Crippen molar-refractivity contribution >= 4 is 11.3 Å². The Labute approximate surface area is 82.2 Å². The summed E-state index contributed by atoms with van der Waals surface area (Å²) in [6.07, 6.45) is 2.36. The van der Waals surface area contributed by atoms with Crippen LogP contribution in [0.3, 0.4) is 0 Å². The van der Waals surface area contributed by atoms with E-state index in [2.05, 4.69) is 24.1 Å². The lowest BCUT2D eigenvalue weighted by atomic mass is 10.2. The van der Waals surface area contributed by atoms with E-state index < -0.39 is 0 Å². The molecule has 0 aromatic carbocycles. The molecule has 1 rings (SSSR count). The van der Waals surface area contributed by atoms with Gasteiger partial charge in [-0.15, -0.1) is 0 Å². The highest BCUT2D eigenvalue weighted by Gasteiger charge is 2.00. The molecular formula is C9H16N2OS. The molecule has 0 amide bonds. The van der Waals surface area contributed by atoms with Gasteiger partial charge in [0.2, 0.25) is 0 Å². The van der Waals surface area contributed by atoms with E-state index in [1.165, 1.54) is 24.2 Å². The third-order valence-electron chi connectivity index (χ3n) is 1.93. The minimum atomic E-state index is 0.0277. The summed E-state index contributed by atoms with van der Waals surface area (Å²) in [4.78, 5) is 13.6. The van der Waals surface area contributed by atoms with Gasteiger partial charge in [0, 0.05) is 23.7 Å². The van der Waals surface area contributed by atoms with Crippen molar-refractivity contribution in [3.05, 3.63) is 20.7 Å². The first-order valence-corrected chi connectivity index (χ1v) is 5.50. The predicted molar refractivity (Wildman–Crippen MR) is 56.1 cm³/mol. The number of rotatable bonds is 5. The van der Waals surface area contributed by atoms with Crippen molar-refractivity contribution in [3.63, 3.8) is 0 Å². The average Bonchev–Trinajstić information content (AvgIpc) is 2.49. The van der Waals surface area contributed by atoms with Gasteiger partial charge in [0.05, 0.1) is 0 Å². The van der Waals surface area contributed by atoms with Crippen molar-refractivity contribution in [2.24, 2.45) is 0 Å². The quantitative estimate of drug-likeness (QED) is 0.760. The largest absolute Gasteiger partial charge is 0.315 e.